The molecule has 0 radical (unpaired) electrons. The monoisotopic (exact) mass is 219 g/mol. The second-order valence-corrected chi connectivity index (χ2v) is 3.91. The Morgan fingerprint density at radius 2 is 2.25 bits per heavy atom. The van der Waals surface area contributed by atoms with Crippen LogP contribution < -0.4 is 5.73 Å². The van der Waals surface area contributed by atoms with E-state index in [1.54, 1.807) is 7.11 Å². The number of benzene rings is 1. The van der Waals surface area contributed by atoms with Gasteiger partial charge in [-0.05, 0) is 31.5 Å². The molecule has 86 valence electrons. The zero-order valence-corrected chi connectivity index (χ0v) is 9.73. The summed E-state index contributed by atoms with van der Waals surface area (Å²) in [5.74, 6) is 1.02. The third kappa shape index (κ3) is 2.02. The normalized spacial score (nSPS) is 11.1. The van der Waals surface area contributed by atoms with Crippen LogP contribution in [0.4, 0.5) is 5.69 Å². The van der Waals surface area contributed by atoms with Crippen LogP contribution in [-0.4, -0.2) is 23.3 Å². The minimum absolute atomic E-state index is 0.758. The topological polar surface area (TPSA) is 53.1 Å². The number of methoxy groups -OCH3 is 1. The van der Waals surface area contributed by atoms with Gasteiger partial charge in [0, 0.05) is 25.9 Å². The Morgan fingerprint density at radius 1 is 1.44 bits per heavy atom. The van der Waals surface area contributed by atoms with E-state index in [0.29, 0.717) is 0 Å². The van der Waals surface area contributed by atoms with Gasteiger partial charge in [-0.2, -0.15) is 0 Å². The Kier molecular flexibility index (Phi) is 3.10. The van der Waals surface area contributed by atoms with Crippen LogP contribution in [-0.2, 0) is 11.3 Å². The number of imidazole rings is 1. The van der Waals surface area contributed by atoms with Crippen LogP contribution in [0.15, 0.2) is 18.2 Å². The van der Waals surface area contributed by atoms with Gasteiger partial charge in [-0.3, -0.25) is 0 Å². The van der Waals surface area contributed by atoms with Crippen molar-refractivity contribution in [3.8, 4) is 0 Å². The summed E-state index contributed by atoms with van der Waals surface area (Å²) >= 11 is 0. The van der Waals surface area contributed by atoms with Crippen molar-refractivity contribution in [2.24, 2.45) is 0 Å². The summed E-state index contributed by atoms with van der Waals surface area (Å²) in [5.41, 5.74) is 8.60. The fraction of sp³-hybridized carbons (Fsp3) is 0.417. The molecule has 0 aliphatic heterocycles. The number of rotatable bonds is 4. The molecule has 4 heteroatoms. The zero-order chi connectivity index (χ0) is 11.5. The summed E-state index contributed by atoms with van der Waals surface area (Å²) in [5, 5.41) is 0. The van der Waals surface area contributed by atoms with E-state index >= 15 is 0 Å². The summed E-state index contributed by atoms with van der Waals surface area (Å²) < 4.78 is 7.26. The fourth-order valence-electron chi connectivity index (χ4n) is 1.92. The number of nitrogens with zero attached hydrogens (tertiary/aromatic N) is 2. The highest BCUT2D eigenvalue weighted by molar-refractivity contribution is 5.79. The second kappa shape index (κ2) is 4.53. The van der Waals surface area contributed by atoms with Crippen molar-refractivity contribution < 1.29 is 4.74 Å². The quantitative estimate of drug-likeness (QED) is 0.631. The predicted molar refractivity (Wildman–Crippen MR) is 65.4 cm³/mol. The van der Waals surface area contributed by atoms with Gasteiger partial charge in [0.05, 0.1) is 11.0 Å². The van der Waals surface area contributed by atoms with E-state index < -0.39 is 0 Å². The van der Waals surface area contributed by atoms with E-state index in [0.717, 1.165) is 42.1 Å². The van der Waals surface area contributed by atoms with Gasteiger partial charge in [-0.1, -0.05) is 0 Å². The molecule has 0 aliphatic rings. The van der Waals surface area contributed by atoms with Crippen molar-refractivity contribution >= 4 is 16.7 Å². The molecule has 0 bridgehead atoms. The molecule has 0 fully saturated rings. The van der Waals surface area contributed by atoms with Crippen molar-refractivity contribution in [3.05, 3.63) is 24.0 Å². The number of hydrogen-bond donors (Lipinski definition) is 1. The Balaban J connectivity index is 2.32. The van der Waals surface area contributed by atoms with E-state index in [1.165, 1.54) is 0 Å². The van der Waals surface area contributed by atoms with Gasteiger partial charge < -0.3 is 15.0 Å². The van der Waals surface area contributed by atoms with E-state index in [2.05, 4.69) is 9.55 Å². The lowest BCUT2D eigenvalue weighted by molar-refractivity contribution is 0.190. The van der Waals surface area contributed by atoms with Crippen LogP contribution >= 0.6 is 0 Å². The average molecular weight is 219 g/mol. The molecule has 2 rings (SSSR count). The molecule has 0 amide bonds. The molecule has 16 heavy (non-hydrogen) atoms. The van der Waals surface area contributed by atoms with Gasteiger partial charge in [0.15, 0.2) is 0 Å². The lowest BCUT2D eigenvalue weighted by Crippen LogP contribution is -2.03. The van der Waals surface area contributed by atoms with Gasteiger partial charge in [-0.25, -0.2) is 4.98 Å². The highest BCUT2D eigenvalue weighted by Gasteiger charge is 2.06. The third-order valence-corrected chi connectivity index (χ3v) is 2.69. The number of hydrogen-bond acceptors (Lipinski definition) is 3. The molecule has 1 aromatic heterocycles. The van der Waals surface area contributed by atoms with Gasteiger partial charge in [0.1, 0.15) is 5.82 Å². The van der Waals surface area contributed by atoms with E-state index in [4.69, 9.17) is 10.5 Å². The summed E-state index contributed by atoms with van der Waals surface area (Å²) in [6.45, 7) is 3.72. The first kappa shape index (κ1) is 11.0. The molecular formula is C12H17N3O. The van der Waals surface area contributed by atoms with Gasteiger partial charge >= 0.3 is 0 Å². The number of aryl methyl sites for hydroxylation is 2. The Hall–Kier alpha value is -1.55. The Labute approximate surface area is 95.0 Å². The Morgan fingerprint density at radius 3 is 3.00 bits per heavy atom. The molecule has 1 aromatic carbocycles. The lowest BCUT2D eigenvalue weighted by Gasteiger charge is -2.06. The summed E-state index contributed by atoms with van der Waals surface area (Å²) in [4.78, 5) is 4.49. The van der Waals surface area contributed by atoms with E-state index in [1.807, 2.05) is 25.1 Å². The third-order valence-electron chi connectivity index (χ3n) is 2.69. The highest BCUT2D eigenvalue weighted by atomic mass is 16.5. The van der Waals surface area contributed by atoms with Crippen molar-refractivity contribution in [2.45, 2.75) is 19.9 Å². The first-order chi connectivity index (χ1) is 7.72. The molecule has 0 spiro atoms. The van der Waals surface area contributed by atoms with Gasteiger partial charge in [0.2, 0.25) is 0 Å². The molecule has 2 N–H and O–H groups in total. The maximum absolute atomic E-state index is 5.74. The fourth-order valence-corrected chi connectivity index (χ4v) is 1.92. The SMILES string of the molecule is COCCCn1c(C)nc2cc(N)ccc21. The smallest absolute Gasteiger partial charge is 0.106 e. The van der Waals surface area contributed by atoms with Crippen LogP contribution in [0.1, 0.15) is 12.2 Å². The lowest BCUT2D eigenvalue weighted by atomic mass is 10.3. The summed E-state index contributed by atoms with van der Waals surface area (Å²) in [6, 6.07) is 5.85. The molecule has 4 nitrogen and oxygen atoms in total. The maximum Gasteiger partial charge on any atom is 0.106 e. The van der Waals surface area contributed by atoms with E-state index in [-0.39, 0.29) is 0 Å². The van der Waals surface area contributed by atoms with Crippen LogP contribution in [0.2, 0.25) is 0 Å². The molecule has 0 saturated heterocycles. The standard InChI is InChI=1S/C12H17N3O/c1-9-14-11-8-10(13)4-5-12(11)15(9)6-3-7-16-2/h4-5,8H,3,6-7,13H2,1-2H3. The minimum atomic E-state index is 0.758. The van der Waals surface area contributed by atoms with Crippen LogP contribution in [0.25, 0.3) is 11.0 Å². The van der Waals surface area contributed by atoms with E-state index in [9.17, 15) is 0 Å². The van der Waals surface area contributed by atoms with Gasteiger partial charge in [-0.15, -0.1) is 0 Å². The number of nitrogen functional groups attached to an aromatic ring is 1. The van der Waals surface area contributed by atoms with Gasteiger partial charge in [0.25, 0.3) is 0 Å². The molecule has 1 heterocycles. The van der Waals surface area contributed by atoms with Crippen LogP contribution in [0.5, 0.6) is 0 Å². The predicted octanol–water partition coefficient (Wildman–Crippen LogP) is 1.96. The van der Waals surface area contributed by atoms with Crippen molar-refractivity contribution in [2.75, 3.05) is 19.5 Å². The molecule has 0 aliphatic carbocycles. The number of fused-ring (bicyclic) bond motifs is 1. The number of anilines is 1. The maximum atomic E-state index is 5.74. The van der Waals surface area contributed by atoms with Crippen LogP contribution in [0, 0.1) is 6.92 Å². The average Bonchev–Trinajstić information content (AvgIpc) is 2.55. The first-order valence-corrected chi connectivity index (χ1v) is 5.43. The highest BCUT2D eigenvalue weighted by Crippen LogP contribution is 2.18. The molecule has 2 aromatic rings. The van der Waals surface area contributed by atoms with Crippen molar-refractivity contribution in [1.82, 2.24) is 9.55 Å². The minimum Gasteiger partial charge on any atom is -0.399 e. The number of ether oxygens (including phenoxy) is 1. The molecule has 0 unspecified atom stereocenters. The molecule has 0 atom stereocenters. The second-order valence-electron chi connectivity index (χ2n) is 3.91. The molecular weight excluding hydrogens is 202 g/mol. The van der Waals surface area contributed by atoms with Crippen molar-refractivity contribution in [1.29, 1.82) is 0 Å². The van der Waals surface area contributed by atoms with Crippen LogP contribution in [0.3, 0.4) is 0 Å². The first-order valence-electron chi connectivity index (χ1n) is 5.43. The summed E-state index contributed by atoms with van der Waals surface area (Å²) in [7, 11) is 1.72. The van der Waals surface area contributed by atoms with Crippen molar-refractivity contribution in [3.63, 3.8) is 0 Å². The summed E-state index contributed by atoms with van der Waals surface area (Å²) in [6.07, 6.45) is 0.993. The Bertz CT molecular complexity index is 490. The molecule has 0 saturated carbocycles. The number of nitrogens with two attached hydrogens (primary N) is 1. The zero-order valence-electron chi connectivity index (χ0n) is 9.73. The number of aromatic nitrogens is 2. The largest absolute Gasteiger partial charge is 0.399 e.